The third kappa shape index (κ3) is 19.1. The second-order valence-corrected chi connectivity index (χ2v) is 8.63. The number of amides is 3. The fourth-order valence-electron chi connectivity index (χ4n) is 3.65. The van der Waals surface area contributed by atoms with Gasteiger partial charge in [0.1, 0.15) is 0 Å². The highest BCUT2D eigenvalue weighted by Gasteiger charge is 2.13. The van der Waals surface area contributed by atoms with Crippen LogP contribution >= 0.6 is 0 Å². The highest BCUT2D eigenvalue weighted by atomic mass is 16.2. The molecule has 0 saturated carbocycles. The van der Waals surface area contributed by atoms with Crippen LogP contribution in [-0.2, 0) is 14.4 Å². The Morgan fingerprint density at radius 1 is 0.656 bits per heavy atom. The van der Waals surface area contributed by atoms with Crippen LogP contribution in [0.3, 0.4) is 0 Å². The molecule has 0 aliphatic heterocycles. The molecular weight excluding hydrogens is 404 g/mol. The van der Waals surface area contributed by atoms with Gasteiger partial charge in [-0.1, -0.05) is 78.1 Å². The van der Waals surface area contributed by atoms with E-state index < -0.39 is 0 Å². The largest absolute Gasteiger partial charge is 0.356 e. The number of unbranched alkanes of at least 4 members (excludes halogenated alkanes) is 10. The van der Waals surface area contributed by atoms with Crippen LogP contribution in [0, 0.1) is 0 Å². The molecule has 0 atom stereocenters. The number of rotatable bonds is 22. The summed E-state index contributed by atoms with van der Waals surface area (Å²) in [6.45, 7) is 6.41. The van der Waals surface area contributed by atoms with Gasteiger partial charge >= 0.3 is 0 Å². The molecule has 0 aromatic carbocycles. The van der Waals surface area contributed by atoms with Gasteiger partial charge in [0.25, 0.3) is 0 Å². The van der Waals surface area contributed by atoms with Gasteiger partial charge < -0.3 is 21.3 Å². The van der Waals surface area contributed by atoms with Crippen LogP contribution < -0.4 is 16.4 Å². The molecule has 0 aliphatic carbocycles. The van der Waals surface area contributed by atoms with Crippen LogP contribution in [0.4, 0.5) is 0 Å². The van der Waals surface area contributed by atoms with Crippen LogP contribution in [-0.4, -0.2) is 55.3 Å². The zero-order chi connectivity index (χ0) is 23.9. The first-order chi connectivity index (χ1) is 15.5. The standard InChI is InChI=1S/C25H50N4O3/c1-3-5-6-7-8-9-10-11-12-13-14-17-25(32)29(20-15-18-27-23(30)4-2)21-16-19-28-24(31)22-26/h3-22,26H2,1-2H3,(H,27,30)(H,28,31). The quantitative estimate of drug-likeness (QED) is 0.216. The monoisotopic (exact) mass is 454 g/mol. The number of hydrogen-bond acceptors (Lipinski definition) is 4. The molecule has 3 amide bonds. The van der Waals surface area contributed by atoms with Crippen molar-refractivity contribution >= 4 is 17.7 Å². The van der Waals surface area contributed by atoms with Crippen molar-refractivity contribution in [3.05, 3.63) is 0 Å². The van der Waals surface area contributed by atoms with Crippen molar-refractivity contribution in [3.63, 3.8) is 0 Å². The molecule has 7 nitrogen and oxygen atoms in total. The zero-order valence-electron chi connectivity index (χ0n) is 20.9. The minimum Gasteiger partial charge on any atom is -0.356 e. The minimum absolute atomic E-state index is 0.0152. The zero-order valence-corrected chi connectivity index (χ0v) is 20.9. The van der Waals surface area contributed by atoms with E-state index in [1.165, 1.54) is 57.8 Å². The topological polar surface area (TPSA) is 105 Å². The van der Waals surface area contributed by atoms with Gasteiger partial charge in [-0.15, -0.1) is 0 Å². The lowest BCUT2D eigenvalue weighted by Gasteiger charge is -2.23. The van der Waals surface area contributed by atoms with Gasteiger partial charge in [0, 0.05) is 39.0 Å². The molecule has 0 heterocycles. The summed E-state index contributed by atoms with van der Waals surface area (Å²) in [4.78, 5) is 37.2. The molecule has 0 rings (SSSR count). The summed E-state index contributed by atoms with van der Waals surface area (Å²) in [5.74, 6) is 0.0346. The second-order valence-electron chi connectivity index (χ2n) is 8.63. The molecular formula is C25H50N4O3. The molecule has 0 radical (unpaired) electrons. The molecule has 0 aliphatic rings. The lowest BCUT2D eigenvalue weighted by atomic mass is 10.1. The average Bonchev–Trinajstić information content (AvgIpc) is 2.80. The second kappa shape index (κ2) is 22.6. The molecule has 0 spiro atoms. The smallest absolute Gasteiger partial charge is 0.233 e. The van der Waals surface area contributed by atoms with Gasteiger partial charge in [0.15, 0.2) is 0 Å². The van der Waals surface area contributed by atoms with Crippen molar-refractivity contribution in [2.24, 2.45) is 5.73 Å². The van der Waals surface area contributed by atoms with Gasteiger partial charge in [0.2, 0.25) is 17.7 Å². The Kier molecular flexibility index (Phi) is 21.4. The van der Waals surface area contributed by atoms with Gasteiger partial charge in [-0.3, -0.25) is 14.4 Å². The van der Waals surface area contributed by atoms with E-state index >= 15 is 0 Å². The molecule has 32 heavy (non-hydrogen) atoms. The fraction of sp³-hybridized carbons (Fsp3) is 0.880. The fourth-order valence-corrected chi connectivity index (χ4v) is 3.65. The van der Waals surface area contributed by atoms with E-state index in [0.29, 0.717) is 45.4 Å². The van der Waals surface area contributed by atoms with Crippen LogP contribution in [0.5, 0.6) is 0 Å². The van der Waals surface area contributed by atoms with Crippen LogP contribution in [0.15, 0.2) is 0 Å². The first-order valence-electron chi connectivity index (χ1n) is 13.1. The first kappa shape index (κ1) is 30.4. The van der Waals surface area contributed by atoms with Crippen molar-refractivity contribution in [1.29, 1.82) is 0 Å². The molecule has 0 fully saturated rings. The Morgan fingerprint density at radius 2 is 1.12 bits per heavy atom. The summed E-state index contributed by atoms with van der Waals surface area (Å²) in [6, 6.07) is 0. The molecule has 7 heteroatoms. The van der Waals surface area contributed by atoms with Gasteiger partial charge in [-0.05, 0) is 19.3 Å². The summed E-state index contributed by atoms with van der Waals surface area (Å²) < 4.78 is 0. The lowest BCUT2D eigenvalue weighted by Crippen LogP contribution is -2.37. The third-order valence-corrected chi connectivity index (χ3v) is 5.71. The van der Waals surface area contributed by atoms with Crippen LogP contribution in [0.25, 0.3) is 0 Å². The first-order valence-corrected chi connectivity index (χ1v) is 13.1. The molecule has 0 aromatic heterocycles. The molecule has 0 saturated heterocycles. The minimum atomic E-state index is -0.175. The van der Waals surface area contributed by atoms with E-state index in [2.05, 4.69) is 17.6 Å². The Labute approximate surface area is 196 Å². The van der Waals surface area contributed by atoms with E-state index in [4.69, 9.17) is 5.73 Å². The lowest BCUT2D eigenvalue weighted by molar-refractivity contribution is -0.131. The molecule has 0 bridgehead atoms. The predicted molar refractivity (Wildman–Crippen MR) is 132 cm³/mol. The van der Waals surface area contributed by atoms with Crippen molar-refractivity contribution in [2.45, 2.75) is 110 Å². The molecule has 0 unspecified atom stereocenters. The molecule has 188 valence electrons. The number of nitrogens with two attached hydrogens (primary N) is 1. The highest BCUT2D eigenvalue weighted by molar-refractivity contribution is 5.78. The van der Waals surface area contributed by atoms with Crippen molar-refractivity contribution in [3.8, 4) is 0 Å². The van der Waals surface area contributed by atoms with E-state index in [0.717, 1.165) is 19.3 Å². The van der Waals surface area contributed by atoms with E-state index in [9.17, 15) is 14.4 Å². The normalized spacial score (nSPS) is 10.7. The van der Waals surface area contributed by atoms with Gasteiger partial charge in [-0.2, -0.15) is 0 Å². The SMILES string of the molecule is CCCCCCCCCCCCCC(=O)N(CCCNC(=O)CC)CCCNC(=O)CN. The summed E-state index contributed by atoms with van der Waals surface area (Å²) in [6.07, 6.45) is 16.4. The number of carbonyl (C=O) groups excluding carboxylic acids is 3. The van der Waals surface area contributed by atoms with Crippen molar-refractivity contribution < 1.29 is 14.4 Å². The summed E-state index contributed by atoms with van der Waals surface area (Å²) in [5.41, 5.74) is 5.30. The number of carbonyl (C=O) groups is 3. The maximum Gasteiger partial charge on any atom is 0.233 e. The molecule has 4 N–H and O–H groups in total. The van der Waals surface area contributed by atoms with E-state index in [1.807, 2.05) is 11.8 Å². The van der Waals surface area contributed by atoms with Crippen molar-refractivity contribution in [1.82, 2.24) is 15.5 Å². The van der Waals surface area contributed by atoms with Gasteiger partial charge in [-0.25, -0.2) is 0 Å². The Balaban J connectivity index is 4.04. The van der Waals surface area contributed by atoms with Gasteiger partial charge in [0.05, 0.1) is 6.54 Å². The number of nitrogens with zero attached hydrogens (tertiary/aromatic N) is 1. The summed E-state index contributed by atoms with van der Waals surface area (Å²) in [5, 5.41) is 5.61. The van der Waals surface area contributed by atoms with Crippen LogP contribution in [0.1, 0.15) is 110 Å². The maximum absolute atomic E-state index is 12.7. The average molecular weight is 455 g/mol. The Morgan fingerprint density at radius 3 is 1.59 bits per heavy atom. The molecule has 0 aromatic rings. The third-order valence-electron chi connectivity index (χ3n) is 5.71. The number of nitrogens with one attached hydrogen (secondary N) is 2. The maximum atomic E-state index is 12.7. The Bertz CT molecular complexity index is 462. The van der Waals surface area contributed by atoms with E-state index in [1.54, 1.807) is 0 Å². The summed E-state index contributed by atoms with van der Waals surface area (Å²) >= 11 is 0. The highest BCUT2D eigenvalue weighted by Crippen LogP contribution is 2.12. The van der Waals surface area contributed by atoms with Crippen molar-refractivity contribution in [2.75, 3.05) is 32.7 Å². The predicted octanol–water partition coefficient (Wildman–Crippen LogP) is 3.90. The summed E-state index contributed by atoms with van der Waals surface area (Å²) in [7, 11) is 0. The Hall–Kier alpha value is -1.63. The van der Waals surface area contributed by atoms with E-state index in [-0.39, 0.29) is 24.3 Å². The van der Waals surface area contributed by atoms with Crippen LogP contribution in [0.2, 0.25) is 0 Å². The number of hydrogen-bond donors (Lipinski definition) is 3.